The maximum absolute atomic E-state index is 12.7. The summed E-state index contributed by atoms with van der Waals surface area (Å²) in [7, 11) is 0. The number of rotatable bonds is 4. The first-order chi connectivity index (χ1) is 13.2. The van der Waals surface area contributed by atoms with Crippen LogP contribution in [0.2, 0.25) is 0 Å². The van der Waals surface area contributed by atoms with E-state index >= 15 is 0 Å². The van der Waals surface area contributed by atoms with Gasteiger partial charge in [0.1, 0.15) is 0 Å². The average molecular weight is 369 g/mol. The van der Waals surface area contributed by atoms with Crippen molar-refractivity contribution < 1.29 is 9.90 Å². The van der Waals surface area contributed by atoms with Gasteiger partial charge in [0.05, 0.1) is 5.41 Å². The van der Waals surface area contributed by atoms with Crippen LogP contribution in [-0.4, -0.2) is 11.1 Å². The van der Waals surface area contributed by atoms with Crippen LogP contribution in [0, 0.1) is 5.41 Å². The van der Waals surface area contributed by atoms with Gasteiger partial charge in [-0.15, -0.1) is 0 Å². The fraction of sp³-hybridized carbons (Fsp3) is 0.720. The van der Waals surface area contributed by atoms with E-state index in [9.17, 15) is 9.90 Å². The van der Waals surface area contributed by atoms with Gasteiger partial charge < -0.3 is 5.11 Å². The minimum absolute atomic E-state index is 0.150. The summed E-state index contributed by atoms with van der Waals surface area (Å²) < 4.78 is 0. The third-order valence-electron chi connectivity index (χ3n) is 8.28. The Morgan fingerprint density at radius 3 is 1.81 bits per heavy atom. The first-order valence-electron chi connectivity index (χ1n) is 11.5. The van der Waals surface area contributed by atoms with E-state index in [-0.39, 0.29) is 5.41 Å². The molecule has 0 bridgehead atoms. The number of benzene rings is 1. The standard InChI is InChI=1S/C25H36O2/c26-23(27)25(18-8-3-9-19-25)24(16-6-2-7-17-24)22-14-12-21(13-15-22)20-10-4-1-5-11-20/h12-15,20H,1-11,16-19H2,(H,26,27). The van der Waals surface area contributed by atoms with Crippen molar-refractivity contribution in [3.05, 3.63) is 35.4 Å². The molecule has 4 rings (SSSR count). The molecule has 0 amide bonds. The summed E-state index contributed by atoms with van der Waals surface area (Å²) >= 11 is 0. The summed E-state index contributed by atoms with van der Waals surface area (Å²) in [6, 6.07) is 9.35. The summed E-state index contributed by atoms with van der Waals surface area (Å²) in [5.41, 5.74) is 2.11. The first kappa shape index (κ1) is 19.0. The van der Waals surface area contributed by atoms with E-state index in [4.69, 9.17) is 0 Å². The normalized spacial score (nSPS) is 25.8. The summed E-state index contributed by atoms with van der Waals surface area (Å²) in [6.07, 6.45) is 17.6. The number of hydrogen-bond donors (Lipinski definition) is 1. The molecule has 3 saturated carbocycles. The van der Waals surface area contributed by atoms with Crippen molar-refractivity contribution in [1.29, 1.82) is 0 Å². The lowest BCUT2D eigenvalue weighted by Gasteiger charge is -2.52. The molecule has 3 fully saturated rings. The molecule has 0 saturated heterocycles. The van der Waals surface area contributed by atoms with Crippen molar-refractivity contribution in [2.45, 2.75) is 108 Å². The minimum Gasteiger partial charge on any atom is -0.481 e. The lowest BCUT2D eigenvalue weighted by atomic mass is 9.50. The third-order valence-corrected chi connectivity index (χ3v) is 8.28. The second kappa shape index (κ2) is 7.97. The number of hydrogen-bond acceptors (Lipinski definition) is 1. The fourth-order valence-corrected chi connectivity index (χ4v) is 6.76. The van der Waals surface area contributed by atoms with Crippen LogP contribution in [0.15, 0.2) is 24.3 Å². The molecule has 0 aliphatic heterocycles. The summed E-state index contributed by atoms with van der Waals surface area (Å²) in [5, 5.41) is 10.4. The second-order valence-corrected chi connectivity index (χ2v) is 9.55. The van der Waals surface area contributed by atoms with E-state index in [1.54, 1.807) is 0 Å². The van der Waals surface area contributed by atoms with Crippen LogP contribution in [0.5, 0.6) is 0 Å². The SMILES string of the molecule is O=C(O)C1(C2(c3ccc(C4CCCCC4)cc3)CCCCC2)CCCCC1. The molecule has 0 aromatic heterocycles. The molecule has 1 aromatic carbocycles. The molecule has 148 valence electrons. The Morgan fingerprint density at radius 2 is 1.26 bits per heavy atom. The van der Waals surface area contributed by atoms with E-state index in [1.807, 2.05) is 0 Å². The smallest absolute Gasteiger partial charge is 0.310 e. The Bertz CT molecular complexity index is 627. The Morgan fingerprint density at radius 1 is 0.741 bits per heavy atom. The zero-order valence-corrected chi connectivity index (χ0v) is 16.8. The fourth-order valence-electron chi connectivity index (χ4n) is 6.76. The van der Waals surface area contributed by atoms with Crippen LogP contribution in [0.1, 0.15) is 113 Å². The van der Waals surface area contributed by atoms with Crippen molar-refractivity contribution in [1.82, 2.24) is 0 Å². The average Bonchev–Trinajstić information content (AvgIpc) is 2.75. The Kier molecular flexibility index (Phi) is 5.62. The van der Waals surface area contributed by atoms with Gasteiger partial charge in [-0.25, -0.2) is 0 Å². The highest BCUT2D eigenvalue weighted by atomic mass is 16.4. The summed E-state index contributed by atoms with van der Waals surface area (Å²) in [5.74, 6) is 0.193. The van der Waals surface area contributed by atoms with Gasteiger partial charge in [-0.05, 0) is 55.6 Å². The molecule has 0 spiro atoms. The van der Waals surface area contributed by atoms with Gasteiger partial charge in [-0.2, -0.15) is 0 Å². The van der Waals surface area contributed by atoms with E-state index in [0.717, 1.165) is 44.4 Å². The van der Waals surface area contributed by atoms with Crippen LogP contribution in [0.25, 0.3) is 0 Å². The highest BCUT2D eigenvalue weighted by Gasteiger charge is 2.57. The van der Waals surface area contributed by atoms with Gasteiger partial charge in [0.15, 0.2) is 0 Å². The lowest BCUT2D eigenvalue weighted by Crippen LogP contribution is -2.53. The molecule has 2 nitrogen and oxygen atoms in total. The lowest BCUT2D eigenvalue weighted by molar-refractivity contribution is -0.159. The largest absolute Gasteiger partial charge is 0.481 e. The maximum atomic E-state index is 12.7. The highest BCUT2D eigenvalue weighted by molar-refractivity contribution is 5.77. The third kappa shape index (κ3) is 3.34. The summed E-state index contributed by atoms with van der Waals surface area (Å²) in [4.78, 5) is 12.7. The molecule has 27 heavy (non-hydrogen) atoms. The Balaban J connectivity index is 1.70. The van der Waals surface area contributed by atoms with Crippen molar-refractivity contribution in [2.24, 2.45) is 5.41 Å². The van der Waals surface area contributed by atoms with E-state index in [1.165, 1.54) is 68.9 Å². The molecule has 3 aliphatic carbocycles. The second-order valence-electron chi connectivity index (χ2n) is 9.55. The van der Waals surface area contributed by atoms with Crippen LogP contribution in [0.4, 0.5) is 0 Å². The van der Waals surface area contributed by atoms with Crippen LogP contribution in [-0.2, 0) is 10.2 Å². The number of aliphatic carboxylic acids is 1. The van der Waals surface area contributed by atoms with Gasteiger partial charge in [-0.1, -0.05) is 82.1 Å². The van der Waals surface area contributed by atoms with Gasteiger partial charge in [0.2, 0.25) is 0 Å². The summed E-state index contributed by atoms with van der Waals surface area (Å²) in [6.45, 7) is 0. The molecule has 0 atom stereocenters. The van der Waals surface area contributed by atoms with Crippen LogP contribution >= 0.6 is 0 Å². The van der Waals surface area contributed by atoms with Gasteiger partial charge in [0, 0.05) is 5.41 Å². The number of carbonyl (C=O) groups is 1. The van der Waals surface area contributed by atoms with Crippen LogP contribution in [0.3, 0.4) is 0 Å². The zero-order valence-electron chi connectivity index (χ0n) is 16.8. The van der Waals surface area contributed by atoms with Crippen molar-refractivity contribution in [3.63, 3.8) is 0 Å². The van der Waals surface area contributed by atoms with Crippen molar-refractivity contribution in [3.8, 4) is 0 Å². The van der Waals surface area contributed by atoms with Crippen molar-refractivity contribution in [2.75, 3.05) is 0 Å². The molecule has 0 unspecified atom stereocenters. The van der Waals surface area contributed by atoms with Gasteiger partial charge in [-0.3, -0.25) is 4.79 Å². The molecule has 0 radical (unpaired) electrons. The van der Waals surface area contributed by atoms with E-state index < -0.39 is 11.4 Å². The molecule has 0 heterocycles. The minimum atomic E-state index is -0.544. The highest BCUT2D eigenvalue weighted by Crippen LogP contribution is 2.58. The van der Waals surface area contributed by atoms with Crippen LogP contribution < -0.4 is 0 Å². The molecule has 1 N–H and O–H groups in total. The maximum Gasteiger partial charge on any atom is 0.310 e. The monoisotopic (exact) mass is 368 g/mol. The number of carboxylic acids is 1. The Labute approximate surface area is 164 Å². The van der Waals surface area contributed by atoms with E-state index in [2.05, 4.69) is 24.3 Å². The van der Waals surface area contributed by atoms with E-state index in [0.29, 0.717) is 0 Å². The van der Waals surface area contributed by atoms with Gasteiger partial charge >= 0.3 is 5.97 Å². The molecule has 3 aliphatic rings. The quantitative estimate of drug-likeness (QED) is 0.623. The van der Waals surface area contributed by atoms with Crippen molar-refractivity contribution >= 4 is 5.97 Å². The molecule has 2 heteroatoms. The molecular formula is C25H36O2. The van der Waals surface area contributed by atoms with Gasteiger partial charge in [0.25, 0.3) is 0 Å². The first-order valence-corrected chi connectivity index (χ1v) is 11.5. The molecular weight excluding hydrogens is 332 g/mol. The molecule has 1 aromatic rings. The zero-order chi connectivity index (χ0) is 18.7. The number of carboxylic acid groups (broad SMARTS) is 1. The Hall–Kier alpha value is -1.31. The predicted molar refractivity (Wildman–Crippen MR) is 110 cm³/mol. The predicted octanol–water partition coefficient (Wildman–Crippen LogP) is 6.97. The topological polar surface area (TPSA) is 37.3 Å².